The first-order valence-corrected chi connectivity index (χ1v) is 6.79. The van der Waals surface area contributed by atoms with Crippen LogP contribution in [0.3, 0.4) is 0 Å². The highest BCUT2D eigenvalue weighted by atomic mass is 16.7. The van der Waals surface area contributed by atoms with Gasteiger partial charge in [0.1, 0.15) is 0 Å². The Bertz CT molecular complexity index is 338. The first-order chi connectivity index (χ1) is 8.43. The van der Waals surface area contributed by atoms with Gasteiger partial charge in [-0.2, -0.15) is 0 Å². The fraction of sp³-hybridized carbons (Fsp3) is 0.571. The Morgan fingerprint density at radius 2 is 1.41 bits per heavy atom. The highest BCUT2D eigenvalue weighted by molar-refractivity contribution is 6.61. The van der Waals surface area contributed by atoms with Crippen molar-refractivity contribution in [2.45, 2.75) is 50.7 Å². The molecule has 0 radical (unpaired) electrons. The molecule has 1 aromatic rings. The van der Waals surface area contributed by atoms with Crippen LogP contribution in [0.1, 0.15) is 38.5 Å². The van der Waals surface area contributed by atoms with Crippen LogP contribution in [0.4, 0.5) is 0 Å². The minimum Gasteiger partial charge on any atom is -0.402 e. The van der Waals surface area contributed by atoms with Gasteiger partial charge in [-0.15, -0.1) is 0 Å². The van der Waals surface area contributed by atoms with Gasteiger partial charge in [0.25, 0.3) is 0 Å². The minimum atomic E-state index is -0.135. The number of rotatable bonds is 1. The molecule has 2 aliphatic rings. The van der Waals surface area contributed by atoms with Crippen molar-refractivity contribution in [2.24, 2.45) is 0 Å². The van der Waals surface area contributed by atoms with Gasteiger partial charge in [-0.1, -0.05) is 56.0 Å². The molecular weight excluding hydrogens is 211 g/mol. The van der Waals surface area contributed by atoms with Crippen LogP contribution < -0.4 is 5.46 Å². The molecule has 1 heterocycles. The summed E-state index contributed by atoms with van der Waals surface area (Å²) in [6.45, 7) is 0. The average molecular weight is 230 g/mol. The van der Waals surface area contributed by atoms with Gasteiger partial charge in [0.15, 0.2) is 0 Å². The van der Waals surface area contributed by atoms with Crippen LogP contribution in [0.15, 0.2) is 30.3 Å². The molecule has 17 heavy (non-hydrogen) atoms. The molecule has 1 aromatic carbocycles. The predicted octanol–water partition coefficient (Wildman–Crippen LogP) is 2.52. The van der Waals surface area contributed by atoms with Gasteiger partial charge >= 0.3 is 7.12 Å². The molecule has 1 saturated carbocycles. The van der Waals surface area contributed by atoms with E-state index in [9.17, 15) is 0 Å². The van der Waals surface area contributed by atoms with E-state index >= 15 is 0 Å². The Kier molecular flexibility index (Phi) is 3.48. The molecule has 3 heteroatoms. The van der Waals surface area contributed by atoms with E-state index in [1.54, 1.807) is 0 Å². The van der Waals surface area contributed by atoms with Crippen molar-refractivity contribution in [2.75, 3.05) is 0 Å². The first-order valence-electron chi connectivity index (χ1n) is 6.79. The van der Waals surface area contributed by atoms with E-state index in [1.165, 1.54) is 25.7 Å². The molecule has 0 unspecified atom stereocenters. The fourth-order valence-corrected chi connectivity index (χ4v) is 2.84. The third-order valence-electron chi connectivity index (χ3n) is 3.81. The number of hydrogen-bond acceptors (Lipinski definition) is 2. The van der Waals surface area contributed by atoms with Crippen molar-refractivity contribution in [1.29, 1.82) is 0 Å². The number of benzene rings is 1. The molecule has 1 saturated heterocycles. The van der Waals surface area contributed by atoms with E-state index in [0.29, 0.717) is 12.2 Å². The molecule has 0 bridgehead atoms. The third-order valence-corrected chi connectivity index (χ3v) is 3.81. The summed E-state index contributed by atoms with van der Waals surface area (Å²) in [6.07, 6.45) is 8.23. The standard InChI is InChI=1S/C14H19BO2/c1-2-7-11-14-13(10-6-1)16-15(17-14)12-8-4-3-5-9-12/h3-5,8-9,13-14H,1-2,6-7,10-11H2/t13-,14+. The lowest BCUT2D eigenvalue weighted by Crippen LogP contribution is -2.32. The molecule has 1 aliphatic carbocycles. The second-order valence-electron chi connectivity index (χ2n) is 5.08. The van der Waals surface area contributed by atoms with Crippen molar-refractivity contribution < 1.29 is 9.31 Å². The third kappa shape index (κ3) is 2.56. The van der Waals surface area contributed by atoms with Crippen molar-refractivity contribution in [3.63, 3.8) is 0 Å². The lowest BCUT2D eigenvalue weighted by Gasteiger charge is -2.20. The summed E-state index contributed by atoms with van der Waals surface area (Å²) in [6, 6.07) is 10.3. The zero-order valence-electron chi connectivity index (χ0n) is 10.2. The van der Waals surface area contributed by atoms with Crippen LogP contribution in [-0.4, -0.2) is 19.3 Å². The van der Waals surface area contributed by atoms with E-state index < -0.39 is 0 Å². The lowest BCUT2D eigenvalue weighted by atomic mass is 9.79. The van der Waals surface area contributed by atoms with Gasteiger partial charge in [0.05, 0.1) is 12.2 Å². The molecule has 1 aliphatic heterocycles. The summed E-state index contributed by atoms with van der Waals surface area (Å²) < 4.78 is 12.1. The van der Waals surface area contributed by atoms with E-state index in [2.05, 4.69) is 12.1 Å². The topological polar surface area (TPSA) is 18.5 Å². The zero-order valence-corrected chi connectivity index (χ0v) is 10.2. The number of hydrogen-bond donors (Lipinski definition) is 0. The monoisotopic (exact) mass is 230 g/mol. The van der Waals surface area contributed by atoms with Crippen LogP contribution in [0.25, 0.3) is 0 Å². The summed E-state index contributed by atoms with van der Waals surface area (Å²) in [5.74, 6) is 0. The summed E-state index contributed by atoms with van der Waals surface area (Å²) in [5.41, 5.74) is 1.15. The van der Waals surface area contributed by atoms with Gasteiger partial charge in [-0.05, 0) is 18.3 Å². The van der Waals surface area contributed by atoms with E-state index in [1.807, 2.05) is 18.2 Å². The normalized spacial score (nSPS) is 29.5. The summed E-state index contributed by atoms with van der Waals surface area (Å²) in [5, 5.41) is 0. The maximum absolute atomic E-state index is 6.06. The van der Waals surface area contributed by atoms with Crippen molar-refractivity contribution >= 4 is 12.6 Å². The highest BCUT2D eigenvalue weighted by Crippen LogP contribution is 2.28. The van der Waals surface area contributed by atoms with Gasteiger partial charge in [-0.3, -0.25) is 0 Å². The van der Waals surface area contributed by atoms with Gasteiger partial charge in [0.2, 0.25) is 0 Å². The Morgan fingerprint density at radius 1 is 0.824 bits per heavy atom. The molecule has 3 rings (SSSR count). The summed E-state index contributed by atoms with van der Waals surface area (Å²) in [4.78, 5) is 0. The Hall–Kier alpha value is -0.795. The van der Waals surface area contributed by atoms with Crippen LogP contribution in [0.5, 0.6) is 0 Å². The second kappa shape index (κ2) is 5.24. The molecule has 0 spiro atoms. The van der Waals surface area contributed by atoms with Crippen LogP contribution in [0, 0.1) is 0 Å². The molecular formula is C14H19BO2. The summed E-state index contributed by atoms with van der Waals surface area (Å²) >= 11 is 0. The summed E-state index contributed by atoms with van der Waals surface area (Å²) in [7, 11) is -0.135. The van der Waals surface area contributed by atoms with Gasteiger partial charge in [-0.25, -0.2) is 0 Å². The zero-order chi connectivity index (χ0) is 11.5. The molecule has 0 amide bonds. The van der Waals surface area contributed by atoms with Crippen molar-refractivity contribution in [1.82, 2.24) is 0 Å². The van der Waals surface area contributed by atoms with Crippen LogP contribution >= 0.6 is 0 Å². The number of fused-ring (bicyclic) bond motifs is 1. The van der Waals surface area contributed by atoms with Gasteiger partial charge in [0, 0.05) is 0 Å². The second-order valence-corrected chi connectivity index (χ2v) is 5.08. The Balaban J connectivity index is 1.70. The molecule has 0 N–H and O–H groups in total. The maximum atomic E-state index is 6.06. The largest absolute Gasteiger partial charge is 0.494 e. The Morgan fingerprint density at radius 3 is 2.00 bits per heavy atom. The lowest BCUT2D eigenvalue weighted by molar-refractivity contribution is 0.126. The van der Waals surface area contributed by atoms with Crippen LogP contribution in [-0.2, 0) is 9.31 Å². The highest BCUT2D eigenvalue weighted by Gasteiger charge is 2.40. The molecule has 2 atom stereocenters. The van der Waals surface area contributed by atoms with Crippen LogP contribution in [0.2, 0.25) is 0 Å². The smallest absolute Gasteiger partial charge is 0.402 e. The minimum absolute atomic E-state index is 0.135. The molecule has 0 aromatic heterocycles. The molecule has 2 nitrogen and oxygen atoms in total. The maximum Gasteiger partial charge on any atom is 0.494 e. The first kappa shape index (κ1) is 11.3. The molecule has 90 valence electrons. The van der Waals surface area contributed by atoms with Crippen molar-refractivity contribution in [3.05, 3.63) is 30.3 Å². The van der Waals surface area contributed by atoms with E-state index in [-0.39, 0.29) is 7.12 Å². The SMILES string of the molecule is c1ccc(B2O[C@H]3CCCCCC[C@H]3O2)cc1. The van der Waals surface area contributed by atoms with Crippen molar-refractivity contribution in [3.8, 4) is 0 Å². The Labute approximate surface area is 103 Å². The quantitative estimate of drug-likeness (QED) is 0.690. The molecule has 2 fully saturated rings. The predicted molar refractivity (Wildman–Crippen MR) is 69.3 cm³/mol. The van der Waals surface area contributed by atoms with Gasteiger partial charge < -0.3 is 9.31 Å². The average Bonchev–Trinajstić information content (AvgIpc) is 2.73. The van der Waals surface area contributed by atoms with E-state index in [4.69, 9.17) is 9.31 Å². The van der Waals surface area contributed by atoms with E-state index in [0.717, 1.165) is 18.3 Å². The fourth-order valence-electron chi connectivity index (χ4n) is 2.84.